The zero-order valence-corrected chi connectivity index (χ0v) is 13.2. The molecule has 1 aromatic rings. The number of rotatable bonds is 5. The number of hydrogen-bond acceptors (Lipinski definition) is 3. The van der Waals surface area contributed by atoms with E-state index in [0.717, 1.165) is 44.6 Å². The molecule has 0 aromatic heterocycles. The Morgan fingerprint density at radius 3 is 3.00 bits per heavy atom. The highest BCUT2D eigenvalue weighted by molar-refractivity contribution is 5.40. The molecule has 0 amide bonds. The van der Waals surface area contributed by atoms with Crippen molar-refractivity contribution in [2.45, 2.75) is 64.2 Å². The fourth-order valence-corrected chi connectivity index (χ4v) is 3.42. The second-order valence-electron chi connectivity index (χ2n) is 6.31. The summed E-state index contributed by atoms with van der Waals surface area (Å²) in [6, 6.07) is 6.99. The van der Waals surface area contributed by atoms with Gasteiger partial charge in [0.1, 0.15) is 5.75 Å². The van der Waals surface area contributed by atoms with Crippen LogP contribution in [0.5, 0.6) is 5.75 Å². The maximum absolute atomic E-state index is 6.13. The molecule has 3 unspecified atom stereocenters. The molecular weight excluding hydrogens is 262 g/mol. The van der Waals surface area contributed by atoms with E-state index in [-0.39, 0.29) is 0 Å². The molecule has 0 saturated carbocycles. The van der Waals surface area contributed by atoms with Gasteiger partial charge in [0.05, 0.1) is 24.9 Å². The van der Waals surface area contributed by atoms with Crippen molar-refractivity contribution < 1.29 is 9.47 Å². The summed E-state index contributed by atoms with van der Waals surface area (Å²) < 4.78 is 11.9. The lowest BCUT2D eigenvalue weighted by molar-refractivity contribution is 0.0316. The van der Waals surface area contributed by atoms with Crippen LogP contribution < -0.4 is 10.1 Å². The molecule has 3 nitrogen and oxygen atoms in total. The first-order valence-corrected chi connectivity index (χ1v) is 8.42. The van der Waals surface area contributed by atoms with E-state index in [4.69, 9.17) is 9.47 Å². The molecule has 21 heavy (non-hydrogen) atoms. The SMILES string of the molecule is CCCNC(c1ccc2c(c1)CCCO2)C1CCC(C)O1. The summed E-state index contributed by atoms with van der Waals surface area (Å²) in [5, 5.41) is 3.69. The van der Waals surface area contributed by atoms with Gasteiger partial charge in [-0.3, -0.25) is 0 Å². The molecule has 1 fully saturated rings. The molecule has 0 bridgehead atoms. The smallest absolute Gasteiger partial charge is 0.122 e. The standard InChI is InChI=1S/C18H27NO2/c1-3-10-19-18(17-8-6-13(2)21-17)15-7-9-16-14(12-15)5-4-11-20-16/h7,9,12-13,17-19H,3-6,8,10-11H2,1-2H3. The maximum atomic E-state index is 6.13. The highest BCUT2D eigenvalue weighted by Gasteiger charge is 2.30. The number of aryl methyl sites for hydroxylation is 1. The molecule has 2 aliphatic heterocycles. The summed E-state index contributed by atoms with van der Waals surface area (Å²) in [4.78, 5) is 0. The molecule has 2 heterocycles. The zero-order chi connectivity index (χ0) is 14.7. The minimum atomic E-state index is 0.300. The quantitative estimate of drug-likeness (QED) is 0.898. The third-order valence-corrected chi connectivity index (χ3v) is 4.54. The van der Waals surface area contributed by atoms with Crippen molar-refractivity contribution in [3.63, 3.8) is 0 Å². The molecule has 3 atom stereocenters. The predicted molar refractivity (Wildman–Crippen MR) is 84.9 cm³/mol. The van der Waals surface area contributed by atoms with E-state index < -0.39 is 0 Å². The van der Waals surface area contributed by atoms with Gasteiger partial charge < -0.3 is 14.8 Å². The number of benzene rings is 1. The predicted octanol–water partition coefficient (Wildman–Crippen LogP) is 3.62. The Morgan fingerprint density at radius 2 is 2.24 bits per heavy atom. The minimum Gasteiger partial charge on any atom is -0.493 e. The number of ether oxygens (including phenoxy) is 2. The average Bonchev–Trinajstić information content (AvgIpc) is 2.94. The van der Waals surface area contributed by atoms with E-state index in [1.807, 2.05) is 0 Å². The Labute approximate surface area is 128 Å². The monoisotopic (exact) mass is 289 g/mol. The van der Waals surface area contributed by atoms with Crippen molar-refractivity contribution in [3.8, 4) is 5.75 Å². The summed E-state index contributed by atoms with van der Waals surface area (Å²) in [6.07, 6.45) is 6.41. The third kappa shape index (κ3) is 3.41. The van der Waals surface area contributed by atoms with Gasteiger partial charge in [-0.2, -0.15) is 0 Å². The Bertz CT molecular complexity index is 474. The molecule has 1 aromatic carbocycles. The van der Waals surface area contributed by atoms with E-state index in [2.05, 4.69) is 37.4 Å². The number of nitrogens with one attached hydrogen (secondary N) is 1. The average molecular weight is 289 g/mol. The summed E-state index contributed by atoms with van der Waals surface area (Å²) in [6.45, 7) is 6.28. The van der Waals surface area contributed by atoms with E-state index in [1.54, 1.807) is 0 Å². The Balaban J connectivity index is 1.81. The van der Waals surface area contributed by atoms with Gasteiger partial charge in [0.15, 0.2) is 0 Å². The lowest BCUT2D eigenvalue weighted by Gasteiger charge is -2.27. The van der Waals surface area contributed by atoms with Gasteiger partial charge in [0.25, 0.3) is 0 Å². The highest BCUT2D eigenvalue weighted by Crippen LogP contribution is 2.33. The van der Waals surface area contributed by atoms with Crippen LogP contribution in [-0.4, -0.2) is 25.4 Å². The van der Waals surface area contributed by atoms with Gasteiger partial charge in [-0.1, -0.05) is 19.1 Å². The molecule has 0 spiro atoms. The van der Waals surface area contributed by atoms with Gasteiger partial charge in [-0.25, -0.2) is 0 Å². The molecule has 2 aliphatic rings. The van der Waals surface area contributed by atoms with Crippen molar-refractivity contribution >= 4 is 0 Å². The molecule has 0 radical (unpaired) electrons. The molecular formula is C18H27NO2. The first kappa shape index (κ1) is 14.9. The summed E-state index contributed by atoms with van der Waals surface area (Å²) >= 11 is 0. The normalized spacial score (nSPS) is 26.2. The number of hydrogen-bond donors (Lipinski definition) is 1. The van der Waals surface area contributed by atoms with Crippen molar-refractivity contribution in [2.75, 3.05) is 13.2 Å². The topological polar surface area (TPSA) is 30.5 Å². The Hall–Kier alpha value is -1.06. The molecule has 3 heteroatoms. The van der Waals surface area contributed by atoms with Gasteiger partial charge in [0, 0.05) is 0 Å². The van der Waals surface area contributed by atoms with Crippen LogP contribution in [0.2, 0.25) is 0 Å². The van der Waals surface area contributed by atoms with Gasteiger partial charge in [0.2, 0.25) is 0 Å². The fourth-order valence-electron chi connectivity index (χ4n) is 3.42. The van der Waals surface area contributed by atoms with E-state index in [1.165, 1.54) is 17.5 Å². The minimum absolute atomic E-state index is 0.300. The van der Waals surface area contributed by atoms with Gasteiger partial charge >= 0.3 is 0 Å². The summed E-state index contributed by atoms with van der Waals surface area (Å²) in [5.41, 5.74) is 2.71. The van der Waals surface area contributed by atoms with Crippen molar-refractivity contribution in [3.05, 3.63) is 29.3 Å². The molecule has 0 aliphatic carbocycles. The van der Waals surface area contributed by atoms with Crippen LogP contribution in [0, 0.1) is 0 Å². The second kappa shape index (κ2) is 6.80. The molecule has 1 saturated heterocycles. The second-order valence-corrected chi connectivity index (χ2v) is 6.31. The van der Waals surface area contributed by atoms with Crippen LogP contribution in [-0.2, 0) is 11.2 Å². The first-order valence-electron chi connectivity index (χ1n) is 8.42. The number of fused-ring (bicyclic) bond motifs is 1. The Morgan fingerprint density at radius 1 is 1.33 bits per heavy atom. The summed E-state index contributed by atoms with van der Waals surface area (Å²) in [5.74, 6) is 1.07. The van der Waals surface area contributed by atoms with Gasteiger partial charge in [-0.15, -0.1) is 0 Å². The van der Waals surface area contributed by atoms with Crippen LogP contribution >= 0.6 is 0 Å². The maximum Gasteiger partial charge on any atom is 0.122 e. The molecule has 3 rings (SSSR count). The highest BCUT2D eigenvalue weighted by atomic mass is 16.5. The van der Waals surface area contributed by atoms with Crippen LogP contribution in [0.1, 0.15) is 56.7 Å². The van der Waals surface area contributed by atoms with Crippen LogP contribution in [0.15, 0.2) is 18.2 Å². The van der Waals surface area contributed by atoms with Gasteiger partial charge in [-0.05, 0) is 62.8 Å². The largest absolute Gasteiger partial charge is 0.493 e. The van der Waals surface area contributed by atoms with E-state index in [0.29, 0.717) is 18.2 Å². The van der Waals surface area contributed by atoms with Crippen molar-refractivity contribution in [2.24, 2.45) is 0 Å². The lowest BCUT2D eigenvalue weighted by Crippen LogP contribution is -2.32. The van der Waals surface area contributed by atoms with E-state index in [9.17, 15) is 0 Å². The van der Waals surface area contributed by atoms with Crippen molar-refractivity contribution in [1.82, 2.24) is 5.32 Å². The third-order valence-electron chi connectivity index (χ3n) is 4.54. The first-order chi connectivity index (χ1) is 10.3. The summed E-state index contributed by atoms with van der Waals surface area (Å²) in [7, 11) is 0. The van der Waals surface area contributed by atoms with Crippen LogP contribution in [0.4, 0.5) is 0 Å². The van der Waals surface area contributed by atoms with Crippen molar-refractivity contribution in [1.29, 1.82) is 0 Å². The van der Waals surface area contributed by atoms with Crippen LogP contribution in [0.25, 0.3) is 0 Å². The van der Waals surface area contributed by atoms with Crippen LogP contribution in [0.3, 0.4) is 0 Å². The van der Waals surface area contributed by atoms with E-state index >= 15 is 0 Å². The molecule has 116 valence electrons. The fraction of sp³-hybridized carbons (Fsp3) is 0.667. The lowest BCUT2D eigenvalue weighted by atomic mass is 9.95. The Kier molecular flexibility index (Phi) is 4.81. The zero-order valence-electron chi connectivity index (χ0n) is 13.2. The molecule has 1 N–H and O–H groups in total.